The number of aryl methyl sites for hydroxylation is 1. The van der Waals surface area contributed by atoms with Gasteiger partial charge < -0.3 is 4.42 Å². The molecular weight excluding hydrogens is 452 g/mol. The minimum Gasteiger partial charge on any atom is -0.458 e. The Morgan fingerprint density at radius 1 is 0.811 bits per heavy atom. The molecule has 0 saturated carbocycles. The molecular formula is C34H28N2O. The van der Waals surface area contributed by atoms with Crippen molar-refractivity contribution in [3.63, 3.8) is 0 Å². The maximum absolute atomic E-state index is 6.62. The van der Waals surface area contributed by atoms with E-state index in [1.165, 1.54) is 44.2 Å². The monoisotopic (exact) mass is 480 g/mol. The fourth-order valence-electron chi connectivity index (χ4n) is 5.95. The Balaban J connectivity index is 1.45. The highest BCUT2D eigenvalue weighted by molar-refractivity contribution is 6.05. The van der Waals surface area contributed by atoms with Gasteiger partial charge in [-0.1, -0.05) is 68.4 Å². The molecule has 1 aliphatic rings. The van der Waals surface area contributed by atoms with Crippen molar-refractivity contribution in [3.05, 3.63) is 108 Å². The summed E-state index contributed by atoms with van der Waals surface area (Å²) < 4.78 is 6.62. The summed E-state index contributed by atoms with van der Waals surface area (Å²) in [7, 11) is 0. The SMILES string of the molecule is CC(C)Cc1cncc2c1CCc1oc3c(-c4cc(-c5ccccc5)c5ccccc5c4)nccc3c1-2. The summed E-state index contributed by atoms with van der Waals surface area (Å²) in [5.41, 5.74) is 10.4. The van der Waals surface area contributed by atoms with Crippen molar-refractivity contribution in [1.82, 2.24) is 9.97 Å². The number of hydrogen-bond donors (Lipinski definition) is 0. The molecule has 0 unspecified atom stereocenters. The lowest BCUT2D eigenvalue weighted by Crippen LogP contribution is -2.08. The van der Waals surface area contributed by atoms with Gasteiger partial charge in [0.25, 0.3) is 0 Å². The van der Waals surface area contributed by atoms with Crippen LogP contribution in [0.15, 0.2) is 95.8 Å². The third-order valence-electron chi connectivity index (χ3n) is 7.54. The second-order valence-corrected chi connectivity index (χ2v) is 10.5. The number of nitrogens with zero attached hydrogens (tertiary/aromatic N) is 2. The molecule has 3 aromatic carbocycles. The predicted octanol–water partition coefficient (Wildman–Crippen LogP) is 8.67. The lowest BCUT2D eigenvalue weighted by atomic mass is 9.85. The zero-order chi connectivity index (χ0) is 24.9. The zero-order valence-corrected chi connectivity index (χ0v) is 21.2. The van der Waals surface area contributed by atoms with E-state index in [-0.39, 0.29) is 0 Å². The van der Waals surface area contributed by atoms with Crippen LogP contribution in [0.5, 0.6) is 0 Å². The van der Waals surface area contributed by atoms with Crippen molar-refractivity contribution in [3.8, 4) is 33.5 Å². The third kappa shape index (κ3) is 3.65. The van der Waals surface area contributed by atoms with Crippen molar-refractivity contribution in [2.75, 3.05) is 0 Å². The van der Waals surface area contributed by atoms with Crippen molar-refractivity contribution < 1.29 is 4.42 Å². The van der Waals surface area contributed by atoms with Gasteiger partial charge in [0.2, 0.25) is 0 Å². The van der Waals surface area contributed by atoms with E-state index in [0.717, 1.165) is 47.2 Å². The van der Waals surface area contributed by atoms with Gasteiger partial charge in [0, 0.05) is 47.1 Å². The van der Waals surface area contributed by atoms with Crippen LogP contribution in [0.4, 0.5) is 0 Å². The molecule has 0 aliphatic heterocycles. The Bertz CT molecular complexity index is 1780. The highest BCUT2D eigenvalue weighted by Crippen LogP contribution is 2.44. The van der Waals surface area contributed by atoms with Crippen LogP contribution in [0.3, 0.4) is 0 Å². The number of hydrogen-bond acceptors (Lipinski definition) is 3. The van der Waals surface area contributed by atoms with Gasteiger partial charge in [0.15, 0.2) is 5.58 Å². The van der Waals surface area contributed by atoms with Gasteiger partial charge in [-0.15, -0.1) is 0 Å². The Labute approximate surface area is 216 Å². The Morgan fingerprint density at radius 3 is 2.51 bits per heavy atom. The Hall–Kier alpha value is -4.24. The summed E-state index contributed by atoms with van der Waals surface area (Å²) in [5, 5.41) is 3.56. The van der Waals surface area contributed by atoms with E-state index in [4.69, 9.17) is 9.40 Å². The topological polar surface area (TPSA) is 38.9 Å². The summed E-state index contributed by atoms with van der Waals surface area (Å²) in [6.45, 7) is 4.54. The van der Waals surface area contributed by atoms with E-state index in [0.29, 0.717) is 5.92 Å². The number of benzene rings is 3. The van der Waals surface area contributed by atoms with Crippen LogP contribution in [0.1, 0.15) is 30.7 Å². The number of pyridine rings is 2. The average molecular weight is 481 g/mol. The Kier molecular flexibility index (Phi) is 5.17. The number of rotatable bonds is 4. The van der Waals surface area contributed by atoms with E-state index < -0.39 is 0 Å². The second-order valence-electron chi connectivity index (χ2n) is 10.5. The van der Waals surface area contributed by atoms with Gasteiger partial charge in [-0.25, -0.2) is 0 Å². The lowest BCUT2D eigenvalue weighted by molar-refractivity contribution is 0.544. The molecule has 0 fully saturated rings. The fourth-order valence-corrected chi connectivity index (χ4v) is 5.95. The first kappa shape index (κ1) is 22.0. The van der Waals surface area contributed by atoms with Crippen molar-refractivity contribution in [2.45, 2.75) is 33.1 Å². The molecule has 6 aromatic rings. The molecule has 0 N–H and O–H groups in total. The summed E-state index contributed by atoms with van der Waals surface area (Å²) in [4.78, 5) is 9.50. The van der Waals surface area contributed by atoms with Crippen molar-refractivity contribution in [1.29, 1.82) is 0 Å². The van der Waals surface area contributed by atoms with Crippen LogP contribution in [0, 0.1) is 5.92 Å². The predicted molar refractivity (Wildman–Crippen MR) is 152 cm³/mol. The molecule has 180 valence electrons. The molecule has 0 radical (unpaired) electrons. The van der Waals surface area contributed by atoms with E-state index in [9.17, 15) is 0 Å². The second kappa shape index (κ2) is 8.70. The number of fused-ring (bicyclic) bond motifs is 6. The molecule has 37 heavy (non-hydrogen) atoms. The largest absolute Gasteiger partial charge is 0.458 e. The molecule has 0 amide bonds. The molecule has 3 heterocycles. The van der Waals surface area contributed by atoms with Crippen LogP contribution in [-0.2, 0) is 19.3 Å². The van der Waals surface area contributed by atoms with Crippen LogP contribution < -0.4 is 0 Å². The van der Waals surface area contributed by atoms with Gasteiger partial charge in [-0.3, -0.25) is 9.97 Å². The van der Waals surface area contributed by atoms with Crippen molar-refractivity contribution in [2.24, 2.45) is 5.92 Å². The van der Waals surface area contributed by atoms with E-state index in [1.54, 1.807) is 0 Å². The van der Waals surface area contributed by atoms with Gasteiger partial charge in [-0.05, 0) is 70.0 Å². The maximum Gasteiger partial charge on any atom is 0.161 e. The lowest BCUT2D eigenvalue weighted by Gasteiger charge is -2.19. The molecule has 3 heteroatoms. The summed E-state index contributed by atoms with van der Waals surface area (Å²) in [5.74, 6) is 1.64. The van der Waals surface area contributed by atoms with Gasteiger partial charge in [0.05, 0.1) is 0 Å². The quantitative estimate of drug-likeness (QED) is 0.253. The van der Waals surface area contributed by atoms with Crippen LogP contribution in [-0.4, -0.2) is 9.97 Å². The fraction of sp³-hybridized carbons (Fsp3) is 0.176. The summed E-state index contributed by atoms with van der Waals surface area (Å²) in [6.07, 6.45) is 8.94. The molecule has 0 bridgehead atoms. The van der Waals surface area contributed by atoms with E-state index >= 15 is 0 Å². The average Bonchev–Trinajstić information content (AvgIpc) is 3.32. The van der Waals surface area contributed by atoms with Gasteiger partial charge in [0.1, 0.15) is 11.5 Å². The van der Waals surface area contributed by atoms with Crippen molar-refractivity contribution >= 4 is 21.7 Å². The molecule has 0 saturated heterocycles. The number of aromatic nitrogens is 2. The van der Waals surface area contributed by atoms with Crippen LogP contribution in [0.25, 0.3) is 55.3 Å². The van der Waals surface area contributed by atoms with E-state index in [1.807, 2.05) is 12.4 Å². The first-order valence-electron chi connectivity index (χ1n) is 13.1. The zero-order valence-electron chi connectivity index (χ0n) is 21.2. The molecule has 0 spiro atoms. The number of furan rings is 1. The summed E-state index contributed by atoms with van der Waals surface area (Å²) in [6, 6.07) is 25.8. The van der Waals surface area contributed by atoms with Gasteiger partial charge >= 0.3 is 0 Å². The molecule has 3 aromatic heterocycles. The van der Waals surface area contributed by atoms with Crippen LogP contribution >= 0.6 is 0 Å². The standard InChI is InChI=1S/C34H28N2O/c1-21(2)16-25-19-35-20-30-27(25)12-13-31-32(30)28-14-15-36-33(34(28)37-31)24-17-23-10-6-7-11-26(23)29(18-24)22-8-4-3-5-9-22/h3-11,14-15,17-21H,12-13,16H2,1-2H3. The minimum atomic E-state index is 0.596. The maximum atomic E-state index is 6.62. The smallest absolute Gasteiger partial charge is 0.161 e. The molecule has 1 aliphatic carbocycles. The normalized spacial score (nSPS) is 12.7. The Morgan fingerprint density at radius 2 is 1.65 bits per heavy atom. The highest BCUT2D eigenvalue weighted by Gasteiger charge is 2.27. The molecule has 7 rings (SSSR count). The van der Waals surface area contributed by atoms with Crippen LogP contribution in [0.2, 0.25) is 0 Å². The van der Waals surface area contributed by atoms with E-state index in [2.05, 4.69) is 97.8 Å². The van der Waals surface area contributed by atoms with Gasteiger partial charge in [-0.2, -0.15) is 0 Å². The third-order valence-corrected chi connectivity index (χ3v) is 7.54. The first-order valence-corrected chi connectivity index (χ1v) is 13.1. The molecule has 3 nitrogen and oxygen atoms in total. The highest BCUT2D eigenvalue weighted by atomic mass is 16.3. The molecule has 0 atom stereocenters. The summed E-state index contributed by atoms with van der Waals surface area (Å²) >= 11 is 0. The minimum absolute atomic E-state index is 0.596. The first-order chi connectivity index (χ1) is 18.2.